The minimum absolute atomic E-state index is 0.0538. The van der Waals surface area contributed by atoms with Crippen molar-refractivity contribution in [2.45, 2.75) is 45.7 Å². The van der Waals surface area contributed by atoms with Crippen LogP contribution in [0.4, 0.5) is 36.4 Å². The normalized spacial score (nSPS) is 16.2. The third kappa shape index (κ3) is 5.24. The Bertz CT molecular complexity index is 939. The first-order valence-corrected chi connectivity index (χ1v) is 11.3. The monoisotopic (exact) mass is 448 g/mol. The molecule has 0 atom stereocenters. The fourth-order valence-electron chi connectivity index (χ4n) is 3.86. The number of rotatable bonds is 9. The van der Waals surface area contributed by atoms with Crippen LogP contribution >= 0.6 is 0 Å². The molecule has 0 radical (unpaired) electrons. The van der Waals surface area contributed by atoms with Gasteiger partial charge in [-0.05, 0) is 69.6 Å². The van der Waals surface area contributed by atoms with E-state index in [-0.39, 0.29) is 11.6 Å². The van der Waals surface area contributed by atoms with Gasteiger partial charge in [0.2, 0.25) is 11.9 Å². The molecule has 1 heterocycles. The SMILES string of the molecule is CCN(c1nc(C)nc(N(CC2CC2)CC2CC2)n1)c1ccc(N(C)C)cc1C(F)(F)F. The molecule has 0 bridgehead atoms. The predicted octanol–water partition coefficient (Wildman–Crippen LogP) is 5.05. The van der Waals surface area contributed by atoms with Gasteiger partial charge in [-0.2, -0.15) is 28.1 Å². The van der Waals surface area contributed by atoms with E-state index in [1.807, 2.05) is 6.92 Å². The van der Waals surface area contributed by atoms with Gasteiger partial charge in [-0.15, -0.1) is 0 Å². The van der Waals surface area contributed by atoms with Gasteiger partial charge >= 0.3 is 6.18 Å². The second kappa shape index (κ2) is 8.75. The zero-order chi connectivity index (χ0) is 23.0. The van der Waals surface area contributed by atoms with Crippen molar-refractivity contribution in [1.82, 2.24) is 15.0 Å². The highest BCUT2D eigenvalue weighted by Crippen LogP contribution is 2.41. The van der Waals surface area contributed by atoms with Gasteiger partial charge in [0.1, 0.15) is 5.82 Å². The third-order valence-corrected chi connectivity index (χ3v) is 6.01. The zero-order valence-electron chi connectivity index (χ0n) is 19.2. The molecule has 9 heteroatoms. The molecule has 0 aliphatic heterocycles. The Labute approximate surface area is 187 Å². The van der Waals surface area contributed by atoms with Gasteiger partial charge in [-0.25, -0.2) is 0 Å². The number of hydrogen-bond donors (Lipinski definition) is 0. The molecule has 0 unspecified atom stereocenters. The smallest absolute Gasteiger partial charge is 0.378 e. The molecule has 4 rings (SSSR count). The van der Waals surface area contributed by atoms with Crippen LogP contribution in [0.3, 0.4) is 0 Å². The van der Waals surface area contributed by atoms with Crippen LogP contribution in [0, 0.1) is 18.8 Å². The number of hydrogen-bond acceptors (Lipinski definition) is 6. The fourth-order valence-corrected chi connectivity index (χ4v) is 3.86. The summed E-state index contributed by atoms with van der Waals surface area (Å²) in [4.78, 5) is 19.1. The fraction of sp³-hybridized carbons (Fsp3) is 0.609. The van der Waals surface area contributed by atoms with E-state index in [4.69, 9.17) is 0 Å². The van der Waals surface area contributed by atoms with Crippen molar-refractivity contribution in [1.29, 1.82) is 0 Å². The van der Waals surface area contributed by atoms with Gasteiger partial charge in [-0.3, -0.25) is 0 Å². The number of nitrogens with zero attached hydrogens (tertiary/aromatic N) is 6. The summed E-state index contributed by atoms with van der Waals surface area (Å²) in [6, 6.07) is 4.38. The van der Waals surface area contributed by atoms with Crippen LogP contribution in [0.5, 0.6) is 0 Å². The van der Waals surface area contributed by atoms with Crippen LogP contribution in [0.2, 0.25) is 0 Å². The van der Waals surface area contributed by atoms with E-state index in [9.17, 15) is 13.2 Å². The lowest BCUT2D eigenvalue weighted by Gasteiger charge is -2.28. The molecule has 174 valence electrons. The molecule has 0 N–H and O–H groups in total. The van der Waals surface area contributed by atoms with Gasteiger partial charge in [0.25, 0.3) is 0 Å². The Morgan fingerprint density at radius 2 is 1.53 bits per heavy atom. The van der Waals surface area contributed by atoms with Crippen molar-refractivity contribution < 1.29 is 13.2 Å². The molecule has 0 saturated heterocycles. The summed E-state index contributed by atoms with van der Waals surface area (Å²) in [6.45, 7) is 5.69. The number of anilines is 4. The Morgan fingerprint density at radius 3 is 2.03 bits per heavy atom. The first kappa shape index (κ1) is 22.6. The van der Waals surface area contributed by atoms with Crippen molar-refractivity contribution in [3.8, 4) is 0 Å². The molecule has 1 aromatic carbocycles. The predicted molar refractivity (Wildman–Crippen MR) is 121 cm³/mol. The molecule has 32 heavy (non-hydrogen) atoms. The summed E-state index contributed by atoms with van der Waals surface area (Å²) >= 11 is 0. The molecule has 2 aliphatic carbocycles. The van der Waals surface area contributed by atoms with Gasteiger partial charge in [-0.1, -0.05) is 0 Å². The van der Waals surface area contributed by atoms with Gasteiger partial charge < -0.3 is 14.7 Å². The summed E-state index contributed by atoms with van der Waals surface area (Å²) in [5.41, 5.74) is -0.152. The minimum atomic E-state index is -4.50. The lowest BCUT2D eigenvalue weighted by molar-refractivity contribution is -0.137. The van der Waals surface area contributed by atoms with Crippen LogP contribution in [0.25, 0.3) is 0 Å². The lowest BCUT2D eigenvalue weighted by Crippen LogP contribution is -2.31. The summed E-state index contributed by atoms with van der Waals surface area (Å²) in [5.74, 6) is 2.66. The first-order chi connectivity index (χ1) is 15.2. The first-order valence-electron chi connectivity index (χ1n) is 11.3. The molecule has 2 saturated carbocycles. The number of alkyl halides is 3. The Morgan fingerprint density at radius 1 is 0.938 bits per heavy atom. The molecule has 2 fully saturated rings. The second-order valence-corrected chi connectivity index (χ2v) is 9.11. The van der Waals surface area contributed by atoms with Crippen molar-refractivity contribution in [3.05, 3.63) is 29.6 Å². The number of aryl methyl sites for hydroxylation is 1. The van der Waals surface area contributed by atoms with Gasteiger partial charge in [0.05, 0.1) is 11.3 Å². The maximum absolute atomic E-state index is 14.0. The molecule has 2 aliphatic rings. The molecular weight excluding hydrogens is 417 g/mol. The summed E-state index contributed by atoms with van der Waals surface area (Å²) in [6.07, 6.45) is 0.362. The van der Waals surface area contributed by atoms with Crippen LogP contribution < -0.4 is 14.7 Å². The van der Waals surface area contributed by atoms with E-state index in [0.717, 1.165) is 13.1 Å². The van der Waals surface area contributed by atoms with Crippen LogP contribution in [0.1, 0.15) is 44.0 Å². The maximum Gasteiger partial charge on any atom is 0.418 e. The third-order valence-electron chi connectivity index (χ3n) is 6.01. The highest BCUT2D eigenvalue weighted by Gasteiger charge is 2.36. The minimum Gasteiger partial charge on any atom is -0.378 e. The average molecular weight is 449 g/mol. The number of halogens is 3. The van der Waals surface area contributed by atoms with Gasteiger partial charge in [0, 0.05) is 39.4 Å². The summed E-state index contributed by atoms with van der Waals surface area (Å²) in [7, 11) is 3.45. The zero-order valence-corrected chi connectivity index (χ0v) is 19.2. The highest BCUT2D eigenvalue weighted by molar-refractivity contribution is 5.67. The van der Waals surface area contributed by atoms with E-state index in [1.54, 1.807) is 32.0 Å². The van der Waals surface area contributed by atoms with Crippen LogP contribution in [-0.2, 0) is 6.18 Å². The molecule has 0 spiro atoms. The molecule has 2 aromatic rings. The van der Waals surface area contributed by atoms with Crippen LogP contribution in [-0.4, -0.2) is 48.7 Å². The van der Waals surface area contributed by atoms with Crippen molar-refractivity contribution in [2.75, 3.05) is 48.4 Å². The Kier molecular flexibility index (Phi) is 6.18. The van der Waals surface area contributed by atoms with Crippen molar-refractivity contribution in [3.63, 3.8) is 0 Å². The van der Waals surface area contributed by atoms with E-state index in [1.165, 1.54) is 42.7 Å². The Balaban J connectivity index is 1.73. The standard InChI is InChI=1S/C23H31F3N6/c1-5-32(20-11-10-18(30(3)4)12-19(20)23(24,25)26)22-28-15(2)27-21(29-22)31(13-16-6-7-16)14-17-8-9-17/h10-12,16-17H,5-9,13-14H2,1-4H3. The Hall–Kier alpha value is -2.58. The number of aromatic nitrogens is 3. The second-order valence-electron chi connectivity index (χ2n) is 9.11. The van der Waals surface area contributed by atoms with E-state index >= 15 is 0 Å². The van der Waals surface area contributed by atoms with E-state index in [2.05, 4.69) is 19.9 Å². The summed E-state index contributed by atoms with van der Waals surface area (Å²) in [5, 5.41) is 0. The van der Waals surface area contributed by atoms with Crippen molar-refractivity contribution in [2.24, 2.45) is 11.8 Å². The molecule has 1 aromatic heterocycles. The molecular formula is C23H31F3N6. The summed E-state index contributed by atoms with van der Waals surface area (Å²) < 4.78 is 42.0. The number of benzene rings is 1. The van der Waals surface area contributed by atoms with E-state index < -0.39 is 11.7 Å². The van der Waals surface area contributed by atoms with E-state index in [0.29, 0.717) is 35.8 Å². The van der Waals surface area contributed by atoms with Gasteiger partial charge in [0.15, 0.2) is 0 Å². The topological polar surface area (TPSA) is 48.4 Å². The molecule has 0 amide bonds. The maximum atomic E-state index is 14.0. The average Bonchev–Trinajstić information content (AvgIpc) is 3.63. The highest BCUT2D eigenvalue weighted by atomic mass is 19.4. The van der Waals surface area contributed by atoms with Crippen molar-refractivity contribution >= 4 is 23.3 Å². The molecule has 6 nitrogen and oxygen atoms in total. The quantitative estimate of drug-likeness (QED) is 0.535. The largest absolute Gasteiger partial charge is 0.418 e. The van der Waals surface area contributed by atoms with Crippen LogP contribution in [0.15, 0.2) is 18.2 Å². The lowest BCUT2D eigenvalue weighted by atomic mass is 10.1.